The van der Waals surface area contributed by atoms with Crippen LogP contribution in [-0.4, -0.2) is 212 Å². The van der Waals surface area contributed by atoms with Crippen LogP contribution < -0.4 is 26.6 Å². The lowest BCUT2D eigenvalue weighted by Crippen LogP contribution is -2.54. The molecule has 4 aliphatic rings. The van der Waals surface area contributed by atoms with Gasteiger partial charge in [0.05, 0.1) is 121 Å². The smallest absolute Gasteiger partial charge is 0.264 e. The number of carbonyl (C=O) groups is 7. The monoisotopic (exact) mass is 1500 g/mol. The third-order valence-corrected chi connectivity index (χ3v) is 20.8. The van der Waals surface area contributed by atoms with Crippen molar-refractivity contribution < 1.29 is 66.7 Å². The number of hydrogen-bond donors (Lipinski definition) is 5. The number of halogens is 2. The SMILES string of the molecule is Cc1sc2c(c1C)C(c1ccc(Cl)cc1)=N[C@@H](CC(=O)NCCOCCOCCOCC(C)(COCCOCCOCCNC(=O)C[C@@H]1N=C(c3ccc(Cl)cc3)c3c(sc(C)c3C)-n3c(C)nnc31)COCC(=O)NCCNc1cccc3c1C(=O)N(C1CCC(=O)NC1=O)C3=O)c1nnc(C)n1-2. The van der Waals surface area contributed by atoms with Crippen molar-refractivity contribution >= 4 is 104 Å². The average Bonchev–Trinajstić information content (AvgIpc) is 1.60. The van der Waals surface area contributed by atoms with E-state index in [9.17, 15) is 33.6 Å². The zero-order valence-corrected chi connectivity index (χ0v) is 62.1. The van der Waals surface area contributed by atoms with Crippen molar-refractivity contribution in [3.05, 3.63) is 154 Å². The van der Waals surface area contributed by atoms with Crippen molar-refractivity contribution in [2.24, 2.45) is 15.4 Å². The van der Waals surface area contributed by atoms with Crippen LogP contribution in [0.4, 0.5) is 5.69 Å². The number of ether oxygens (including phenoxy) is 7. The number of nitrogens with one attached hydrogen (secondary N) is 5. The molecule has 3 atom stereocenters. The molecule has 0 aliphatic carbocycles. The van der Waals surface area contributed by atoms with Gasteiger partial charge in [0.25, 0.3) is 11.8 Å². The van der Waals surface area contributed by atoms with Crippen LogP contribution in [0, 0.1) is 47.0 Å². The molecule has 1 saturated heterocycles. The lowest BCUT2D eigenvalue weighted by atomic mass is 9.94. The first kappa shape index (κ1) is 76.6. The van der Waals surface area contributed by atoms with E-state index >= 15 is 0 Å². The summed E-state index contributed by atoms with van der Waals surface area (Å²) in [6.07, 6.45) is 0.114. The van der Waals surface area contributed by atoms with Crippen molar-refractivity contribution in [3.8, 4) is 10.0 Å². The number of fused-ring (bicyclic) bond motifs is 7. The highest BCUT2D eigenvalue weighted by atomic mass is 35.5. The quantitative estimate of drug-likeness (QED) is 0.0187. The molecule has 11 rings (SSSR count). The second-order valence-corrected chi connectivity index (χ2v) is 29.0. The first-order chi connectivity index (χ1) is 50.2. The van der Waals surface area contributed by atoms with E-state index < -0.39 is 53.1 Å². The number of benzene rings is 3. The van der Waals surface area contributed by atoms with Crippen LogP contribution in [0.2, 0.25) is 10.0 Å². The van der Waals surface area contributed by atoms with E-state index in [1.807, 2.05) is 78.4 Å². The summed E-state index contributed by atoms with van der Waals surface area (Å²) in [6, 6.07) is 17.5. The number of piperidine rings is 1. The van der Waals surface area contributed by atoms with Gasteiger partial charge in [-0.1, -0.05) is 60.5 Å². The number of carbonyl (C=O) groups excluding carboxylic acids is 7. The van der Waals surface area contributed by atoms with Crippen molar-refractivity contribution in [1.82, 2.24) is 55.7 Å². The third kappa shape index (κ3) is 18.4. The van der Waals surface area contributed by atoms with Crippen LogP contribution in [0.5, 0.6) is 0 Å². The summed E-state index contributed by atoms with van der Waals surface area (Å²) in [5, 5.41) is 35.0. The first-order valence-corrected chi connectivity index (χ1v) is 36.7. The highest BCUT2D eigenvalue weighted by Gasteiger charge is 2.46. The molecule has 7 aromatic rings. The fourth-order valence-corrected chi connectivity index (χ4v) is 15.1. The minimum atomic E-state index is -1.11. The van der Waals surface area contributed by atoms with Gasteiger partial charge in [-0.15, -0.1) is 43.1 Å². The van der Waals surface area contributed by atoms with Gasteiger partial charge >= 0.3 is 0 Å². The summed E-state index contributed by atoms with van der Waals surface area (Å²) in [5.41, 5.74) is 7.32. The molecule has 28 nitrogen and oxygen atoms in total. The number of rotatable bonds is 37. The van der Waals surface area contributed by atoms with Gasteiger partial charge in [0, 0.05) is 85.8 Å². The molecular formula is C72H84Cl2N14O14S2. The maximum Gasteiger partial charge on any atom is 0.264 e. The molecular weight excluding hydrogens is 1420 g/mol. The fourth-order valence-electron chi connectivity index (χ4n) is 12.4. The molecule has 32 heteroatoms. The fraction of sp³-hybridized carbons (Fsp3) is 0.458. The van der Waals surface area contributed by atoms with Crippen LogP contribution in [0.3, 0.4) is 0 Å². The van der Waals surface area contributed by atoms with Gasteiger partial charge in [-0.25, -0.2) is 0 Å². The Labute approximate surface area is 619 Å². The van der Waals surface area contributed by atoms with Crippen LogP contribution in [0.1, 0.15) is 132 Å². The Kier molecular flexibility index (Phi) is 26.1. The van der Waals surface area contributed by atoms with E-state index in [2.05, 4.69) is 74.7 Å². The molecule has 0 saturated carbocycles. The maximum atomic E-state index is 13.6. The summed E-state index contributed by atoms with van der Waals surface area (Å²) in [7, 11) is 0. The van der Waals surface area contributed by atoms with Gasteiger partial charge in [0.1, 0.15) is 46.4 Å². The molecule has 8 heterocycles. The Bertz CT molecular complexity index is 4160. The number of hydrogen-bond acceptors (Lipinski definition) is 23. The standard InChI is InChI=1S/C72H84Cl2N14O14S2/c1-41-43(3)103-70-60(41)63(47-11-15-49(73)16-12-47)79-53(65-84-82-45(5)86(65)70)35-57(90)77-23-25-96-27-29-98-31-33-100-38-72(7,40-102-37-59(92)76-22-21-75-52-10-8-9-51-62(52)69(95)88(68(51)94)55-19-20-56(89)81-67(55)93)39-101-34-32-99-30-28-97-26-24-78-58(91)36-54-66-85-83-46(6)87(66)71-61(42(2)44(4)104-71)64(80-54)48-13-17-50(74)18-14-48/h8-18,53-55,75H,19-40H2,1-7H3,(H,76,92)(H,77,90)(H,78,91)(H,81,89,93)/t53-,54-,55?/m0/s1. The number of aromatic nitrogens is 6. The van der Waals surface area contributed by atoms with Crippen LogP contribution in [0.25, 0.3) is 10.0 Å². The molecule has 5 N–H and O–H groups in total. The molecule has 3 aromatic carbocycles. The number of anilines is 1. The molecule has 7 amide bonds. The molecule has 4 aliphatic heterocycles. The number of aliphatic imine (C=N–C) groups is 2. The van der Waals surface area contributed by atoms with Crippen molar-refractivity contribution in [2.45, 2.75) is 92.3 Å². The number of imide groups is 2. The number of amides is 7. The molecule has 4 aromatic heterocycles. The lowest BCUT2D eigenvalue weighted by Gasteiger charge is -2.29. The van der Waals surface area contributed by atoms with E-state index in [4.69, 9.17) is 66.3 Å². The maximum absolute atomic E-state index is 13.6. The van der Waals surface area contributed by atoms with Crippen molar-refractivity contribution in [3.63, 3.8) is 0 Å². The zero-order valence-electron chi connectivity index (χ0n) is 59.0. The Balaban J connectivity index is 0.596. The number of nitrogens with zero attached hydrogens (tertiary/aromatic N) is 9. The Morgan fingerprint density at radius 3 is 1.50 bits per heavy atom. The van der Waals surface area contributed by atoms with Crippen molar-refractivity contribution in [2.75, 3.05) is 124 Å². The molecule has 0 spiro atoms. The zero-order chi connectivity index (χ0) is 73.6. The minimum Gasteiger partial charge on any atom is -0.383 e. The van der Waals surface area contributed by atoms with Crippen LogP contribution in [-0.2, 0) is 57.1 Å². The highest BCUT2D eigenvalue weighted by molar-refractivity contribution is 7.15. The largest absolute Gasteiger partial charge is 0.383 e. The van der Waals surface area contributed by atoms with E-state index in [-0.39, 0.29) is 167 Å². The van der Waals surface area contributed by atoms with E-state index in [0.717, 1.165) is 69.5 Å². The van der Waals surface area contributed by atoms with Gasteiger partial charge in [-0.05, 0) is 95.5 Å². The summed E-state index contributed by atoms with van der Waals surface area (Å²) in [6.45, 7) is 17.6. The summed E-state index contributed by atoms with van der Waals surface area (Å²) in [5.74, 6) is -0.701. The summed E-state index contributed by atoms with van der Waals surface area (Å²) in [4.78, 5) is 105. The van der Waals surface area contributed by atoms with E-state index in [0.29, 0.717) is 39.0 Å². The Morgan fingerprint density at radius 2 is 1.01 bits per heavy atom. The van der Waals surface area contributed by atoms with Gasteiger partial charge < -0.3 is 54.4 Å². The van der Waals surface area contributed by atoms with Crippen molar-refractivity contribution in [1.29, 1.82) is 0 Å². The topological polar surface area (TPSA) is 334 Å². The van der Waals surface area contributed by atoms with Gasteiger partial charge in [-0.2, -0.15) is 0 Å². The Morgan fingerprint density at radius 1 is 0.548 bits per heavy atom. The number of aryl methyl sites for hydroxylation is 4. The lowest BCUT2D eigenvalue weighted by molar-refractivity contribution is -0.136. The molecule has 0 radical (unpaired) electrons. The minimum absolute atomic E-state index is 0.0000928. The number of thiophene rings is 2. The van der Waals surface area contributed by atoms with Gasteiger partial charge in [0.15, 0.2) is 11.6 Å². The normalized spacial score (nSPS) is 16.2. The molecule has 1 fully saturated rings. The summed E-state index contributed by atoms with van der Waals surface area (Å²) >= 11 is 15.8. The highest BCUT2D eigenvalue weighted by Crippen LogP contribution is 2.42. The molecule has 1 unspecified atom stereocenters. The van der Waals surface area contributed by atoms with E-state index in [1.165, 1.54) is 6.07 Å². The van der Waals surface area contributed by atoms with Gasteiger partial charge in [0.2, 0.25) is 29.5 Å². The summed E-state index contributed by atoms with van der Waals surface area (Å²) < 4.78 is 45.3. The predicted octanol–water partition coefficient (Wildman–Crippen LogP) is 7.38. The average molecular weight is 1500 g/mol. The Hall–Kier alpha value is -8.53. The van der Waals surface area contributed by atoms with E-state index in [1.54, 1.807) is 34.8 Å². The van der Waals surface area contributed by atoms with Gasteiger partial charge in [-0.3, -0.25) is 62.9 Å². The predicted molar refractivity (Wildman–Crippen MR) is 390 cm³/mol. The van der Waals surface area contributed by atoms with Crippen LogP contribution >= 0.6 is 45.9 Å². The molecule has 104 heavy (non-hydrogen) atoms. The molecule has 0 bridgehead atoms. The second kappa shape index (κ2) is 35.5. The molecule has 552 valence electrons. The second-order valence-electron chi connectivity index (χ2n) is 25.7. The first-order valence-electron chi connectivity index (χ1n) is 34.3. The van der Waals surface area contributed by atoms with Crippen LogP contribution in [0.15, 0.2) is 76.7 Å². The third-order valence-electron chi connectivity index (χ3n) is 17.9.